The molecule has 0 aliphatic carbocycles. The summed E-state index contributed by atoms with van der Waals surface area (Å²) < 4.78 is 13.3. The Morgan fingerprint density at radius 1 is 1.03 bits per heavy atom. The number of hydrogen-bond donors (Lipinski definition) is 1. The lowest BCUT2D eigenvalue weighted by atomic mass is 9.95. The van der Waals surface area contributed by atoms with E-state index in [9.17, 15) is 19.1 Å². The number of nitrogens with zero attached hydrogens (tertiary/aromatic N) is 3. The Kier molecular flexibility index (Phi) is 4.82. The number of rotatable bonds is 3. The van der Waals surface area contributed by atoms with E-state index in [0.717, 1.165) is 17.0 Å². The molecule has 2 aromatic carbocycles. The van der Waals surface area contributed by atoms with Crippen molar-refractivity contribution in [3.8, 4) is 0 Å². The molecule has 1 aliphatic heterocycles. The molecule has 1 amide bonds. The van der Waals surface area contributed by atoms with Crippen molar-refractivity contribution in [2.45, 2.75) is 6.04 Å². The molecule has 8 heteroatoms. The van der Waals surface area contributed by atoms with Gasteiger partial charge in [-0.05, 0) is 48.0 Å². The summed E-state index contributed by atoms with van der Waals surface area (Å²) in [5, 5.41) is 11.2. The largest absolute Gasteiger partial charge is 0.507 e. The third kappa shape index (κ3) is 3.36. The summed E-state index contributed by atoms with van der Waals surface area (Å²) >= 11 is 6.11. The standard InChI is InChI=1S/C21H13ClFN3O3/c22-14-4-1-3-13(11-14)17-16(18(27)12-5-7-15(23)8-6-12)19(28)20(29)26(17)21-24-9-2-10-25-21/h1-11,17,27H/b18-16+/t17-/m1/s1. The van der Waals surface area contributed by atoms with E-state index in [1.54, 1.807) is 30.3 Å². The second-order valence-electron chi connectivity index (χ2n) is 6.28. The molecule has 144 valence electrons. The normalized spacial score (nSPS) is 18.3. The number of benzene rings is 2. The number of anilines is 1. The van der Waals surface area contributed by atoms with Gasteiger partial charge in [0.05, 0.1) is 11.6 Å². The van der Waals surface area contributed by atoms with E-state index in [1.807, 2.05) is 0 Å². The van der Waals surface area contributed by atoms with Crippen LogP contribution in [0, 0.1) is 5.82 Å². The molecule has 1 fully saturated rings. The number of halogens is 2. The molecule has 1 atom stereocenters. The molecule has 29 heavy (non-hydrogen) atoms. The molecule has 2 heterocycles. The van der Waals surface area contributed by atoms with Crippen molar-refractivity contribution < 1.29 is 19.1 Å². The fraction of sp³-hybridized carbons (Fsp3) is 0.0476. The number of aliphatic hydroxyl groups is 1. The second kappa shape index (κ2) is 7.44. The lowest BCUT2D eigenvalue weighted by Gasteiger charge is -2.23. The Labute approximate surface area is 169 Å². The summed E-state index contributed by atoms with van der Waals surface area (Å²) in [6.45, 7) is 0. The first-order chi connectivity index (χ1) is 14.0. The Balaban J connectivity index is 1.95. The maximum Gasteiger partial charge on any atom is 0.302 e. The number of carbonyl (C=O) groups is 2. The highest BCUT2D eigenvalue weighted by Crippen LogP contribution is 2.41. The van der Waals surface area contributed by atoms with Gasteiger partial charge in [0.1, 0.15) is 11.6 Å². The summed E-state index contributed by atoms with van der Waals surface area (Å²) in [6.07, 6.45) is 2.88. The average Bonchev–Trinajstić information content (AvgIpc) is 2.99. The van der Waals surface area contributed by atoms with E-state index in [0.29, 0.717) is 10.6 Å². The molecular formula is C21H13ClFN3O3. The van der Waals surface area contributed by atoms with Gasteiger partial charge < -0.3 is 5.11 Å². The van der Waals surface area contributed by atoms with E-state index >= 15 is 0 Å². The Morgan fingerprint density at radius 2 is 1.72 bits per heavy atom. The van der Waals surface area contributed by atoms with E-state index in [4.69, 9.17) is 11.6 Å². The number of hydrogen-bond acceptors (Lipinski definition) is 5. The molecule has 1 saturated heterocycles. The summed E-state index contributed by atoms with van der Waals surface area (Å²) in [5.74, 6) is -2.69. The molecule has 4 rings (SSSR count). The molecule has 6 nitrogen and oxygen atoms in total. The van der Waals surface area contributed by atoms with Gasteiger partial charge in [0.2, 0.25) is 5.95 Å². The third-order valence-corrected chi connectivity index (χ3v) is 4.73. The number of Topliss-reactive ketones (excluding diaryl/α,β-unsaturated/α-hetero) is 1. The zero-order valence-corrected chi connectivity index (χ0v) is 15.5. The minimum atomic E-state index is -0.999. The van der Waals surface area contributed by atoms with Crippen molar-refractivity contribution in [3.63, 3.8) is 0 Å². The highest BCUT2D eigenvalue weighted by atomic mass is 35.5. The van der Waals surface area contributed by atoms with Crippen LogP contribution in [0.4, 0.5) is 10.3 Å². The fourth-order valence-corrected chi connectivity index (χ4v) is 3.41. The first-order valence-corrected chi connectivity index (χ1v) is 8.94. The molecule has 0 spiro atoms. The van der Waals surface area contributed by atoms with E-state index in [2.05, 4.69) is 9.97 Å². The van der Waals surface area contributed by atoms with Gasteiger partial charge in [-0.1, -0.05) is 23.7 Å². The minimum absolute atomic E-state index is 0.0118. The molecular weight excluding hydrogens is 397 g/mol. The van der Waals surface area contributed by atoms with Gasteiger partial charge in [0, 0.05) is 23.0 Å². The Bertz CT molecular complexity index is 1130. The van der Waals surface area contributed by atoms with Crippen LogP contribution >= 0.6 is 11.6 Å². The zero-order valence-electron chi connectivity index (χ0n) is 14.8. The van der Waals surface area contributed by atoms with Crippen LogP contribution in [0.1, 0.15) is 17.2 Å². The van der Waals surface area contributed by atoms with E-state index in [1.165, 1.54) is 24.5 Å². The van der Waals surface area contributed by atoms with Gasteiger partial charge in [0.25, 0.3) is 5.78 Å². The van der Waals surface area contributed by atoms with Gasteiger partial charge >= 0.3 is 5.91 Å². The molecule has 1 aliphatic rings. The number of aliphatic hydroxyl groups excluding tert-OH is 1. The van der Waals surface area contributed by atoms with Gasteiger partial charge in [-0.25, -0.2) is 14.4 Å². The summed E-state index contributed by atoms with van der Waals surface area (Å²) in [6, 6.07) is 12.1. The molecule has 0 bridgehead atoms. The lowest BCUT2D eigenvalue weighted by molar-refractivity contribution is -0.132. The first kappa shape index (κ1) is 18.8. The van der Waals surface area contributed by atoms with Crippen molar-refractivity contribution in [3.05, 3.63) is 94.5 Å². The maximum absolute atomic E-state index is 13.3. The van der Waals surface area contributed by atoms with Crippen molar-refractivity contribution in [2.75, 3.05) is 4.90 Å². The van der Waals surface area contributed by atoms with Crippen LogP contribution in [0.3, 0.4) is 0 Å². The molecule has 1 N–H and O–H groups in total. The number of carbonyl (C=O) groups excluding carboxylic acids is 2. The SMILES string of the molecule is O=C1C(=O)N(c2ncccn2)[C@H](c2cccc(Cl)c2)/C1=C(\O)c1ccc(F)cc1. The highest BCUT2D eigenvalue weighted by Gasteiger charge is 2.48. The van der Waals surface area contributed by atoms with Gasteiger partial charge in [0.15, 0.2) is 0 Å². The maximum atomic E-state index is 13.3. The molecule has 0 saturated carbocycles. The zero-order chi connectivity index (χ0) is 20.5. The average molecular weight is 410 g/mol. The van der Waals surface area contributed by atoms with Crippen LogP contribution in [0.25, 0.3) is 5.76 Å². The quantitative estimate of drug-likeness (QED) is 0.403. The van der Waals surface area contributed by atoms with Crippen LogP contribution < -0.4 is 4.90 Å². The molecule has 1 aromatic heterocycles. The van der Waals surface area contributed by atoms with Crippen LogP contribution in [0.15, 0.2) is 72.6 Å². The van der Waals surface area contributed by atoms with Crippen LogP contribution in [0.2, 0.25) is 5.02 Å². The number of amides is 1. The van der Waals surface area contributed by atoms with Crippen LogP contribution in [-0.4, -0.2) is 26.8 Å². The molecule has 0 radical (unpaired) electrons. The Morgan fingerprint density at radius 3 is 2.38 bits per heavy atom. The van der Waals surface area contributed by atoms with Crippen LogP contribution in [-0.2, 0) is 9.59 Å². The number of ketones is 1. The topological polar surface area (TPSA) is 83.4 Å². The predicted molar refractivity (Wildman–Crippen MR) is 105 cm³/mol. The fourth-order valence-electron chi connectivity index (χ4n) is 3.21. The highest BCUT2D eigenvalue weighted by molar-refractivity contribution is 6.51. The van der Waals surface area contributed by atoms with E-state index in [-0.39, 0.29) is 17.1 Å². The summed E-state index contributed by atoms with van der Waals surface area (Å²) in [4.78, 5) is 35.0. The van der Waals surface area contributed by atoms with Crippen molar-refractivity contribution in [1.82, 2.24) is 9.97 Å². The monoisotopic (exact) mass is 409 g/mol. The van der Waals surface area contributed by atoms with E-state index < -0.39 is 29.3 Å². The van der Waals surface area contributed by atoms with Crippen LogP contribution in [0.5, 0.6) is 0 Å². The lowest BCUT2D eigenvalue weighted by Crippen LogP contribution is -2.31. The molecule has 3 aromatic rings. The third-order valence-electron chi connectivity index (χ3n) is 4.49. The first-order valence-electron chi connectivity index (χ1n) is 8.57. The predicted octanol–water partition coefficient (Wildman–Crippen LogP) is 3.90. The van der Waals surface area contributed by atoms with Crippen molar-refractivity contribution in [1.29, 1.82) is 0 Å². The number of aromatic nitrogens is 2. The smallest absolute Gasteiger partial charge is 0.302 e. The van der Waals surface area contributed by atoms with Gasteiger partial charge in [-0.3, -0.25) is 14.5 Å². The van der Waals surface area contributed by atoms with Crippen molar-refractivity contribution >= 4 is 35.0 Å². The summed E-state index contributed by atoms with van der Waals surface area (Å²) in [7, 11) is 0. The van der Waals surface area contributed by atoms with Gasteiger partial charge in [-0.2, -0.15) is 0 Å². The Hall–Kier alpha value is -3.58. The minimum Gasteiger partial charge on any atom is -0.507 e. The molecule has 0 unspecified atom stereocenters. The summed E-state index contributed by atoms with van der Waals surface area (Å²) in [5.41, 5.74) is 0.537. The van der Waals surface area contributed by atoms with Crippen molar-refractivity contribution in [2.24, 2.45) is 0 Å². The second-order valence-corrected chi connectivity index (χ2v) is 6.72. The van der Waals surface area contributed by atoms with Gasteiger partial charge in [-0.15, -0.1) is 0 Å².